The summed E-state index contributed by atoms with van der Waals surface area (Å²) in [4.78, 5) is 0. The van der Waals surface area contributed by atoms with Gasteiger partial charge in [-0.1, -0.05) is 25.8 Å². The van der Waals surface area contributed by atoms with E-state index in [1.54, 1.807) is 0 Å². The molecule has 1 N–H and O–H groups in total. The summed E-state index contributed by atoms with van der Waals surface area (Å²) in [5, 5.41) is 4.57. The Morgan fingerprint density at radius 2 is 2.19 bits per heavy atom. The van der Waals surface area contributed by atoms with Crippen molar-refractivity contribution in [2.75, 3.05) is 12.3 Å². The van der Waals surface area contributed by atoms with Crippen LogP contribution >= 0.6 is 11.8 Å². The molecule has 2 heteroatoms. The number of thioether (sulfide) groups is 1. The summed E-state index contributed by atoms with van der Waals surface area (Å²) in [5.41, 5.74) is 0. The van der Waals surface area contributed by atoms with Crippen molar-refractivity contribution in [1.82, 2.24) is 5.32 Å². The van der Waals surface area contributed by atoms with Crippen LogP contribution < -0.4 is 5.32 Å². The Morgan fingerprint density at radius 3 is 2.81 bits per heavy atom. The molecule has 1 nitrogen and oxygen atoms in total. The topological polar surface area (TPSA) is 12.0 Å². The largest absolute Gasteiger partial charge is 0.313 e. The molecule has 0 aromatic rings. The molecule has 16 heavy (non-hydrogen) atoms. The van der Waals surface area contributed by atoms with Gasteiger partial charge in [0, 0.05) is 17.0 Å². The highest BCUT2D eigenvalue weighted by atomic mass is 32.2. The molecule has 0 amide bonds. The summed E-state index contributed by atoms with van der Waals surface area (Å²) in [6.45, 7) is 7.10. The van der Waals surface area contributed by atoms with Crippen molar-refractivity contribution < 1.29 is 0 Å². The Hall–Kier alpha value is 0.0500. The number of nitrogens with one attached hydrogen (secondary N) is 1. The minimum atomic E-state index is 0.718. The van der Waals surface area contributed by atoms with Gasteiger partial charge in [-0.05, 0) is 38.6 Å². The number of hydrogen-bond acceptors (Lipinski definition) is 2. The first-order valence-electron chi connectivity index (χ1n) is 6.82. The average Bonchev–Trinajstić information content (AvgIpc) is 2.79. The molecule has 0 aromatic carbocycles. The quantitative estimate of drug-likeness (QED) is 0.484. The van der Waals surface area contributed by atoms with Gasteiger partial charge in [0.15, 0.2) is 0 Å². The van der Waals surface area contributed by atoms with Gasteiger partial charge in [0.25, 0.3) is 0 Å². The van der Waals surface area contributed by atoms with Crippen LogP contribution in [0.4, 0.5) is 0 Å². The highest BCUT2D eigenvalue weighted by Gasteiger charge is 2.17. The van der Waals surface area contributed by atoms with E-state index in [0.29, 0.717) is 0 Å². The third kappa shape index (κ3) is 5.95. The normalized spacial score (nSPS) is 18.8. The highest BCUT2D eigenvalue weighted by molar-refractivity contribution is 7.99. The molecular formula is C14H27NS. The molecule has 1 saturated carbocycles. The fourth-order valence-corrected chi connectivity index (χ4v) is 3.80. The van der Waals surface area contributed by atoms with Gasteiger partial charge >= 0.3 is 0 Å². The van der Waals surface area contributed by atoms with Crippen molar-refractivity contribution in [3.63, 3.8) is 0 Å². The average molecular weight is 241 g/mol. The first-order valence-corrected chi connectivity index (χ1v) is 7.87. The van der Waals surface area contributed by atoms with Gasteiger partial charge in [-0.2, -0.15) is 11.8 Å². The Bertz CT molecular complexity index is 176. The second kappa shape index (κ2) is 9.12. The lowest BCUT2D eigenvalue weighted by molar-refractivity contribution is 0.521. The van der Waals surface area contributed by atoms with Crippen LogP contribution in [0.5, 0.6) is 0 Å². The van der Waals surface area contributed by atoms with Crippen molar-refractivity contribution >= 4 is 11.8 Å². The molecule has 1 unspecified atom stereocenters. The number of hydrogen-bond donors (Lipinski definition) is 1. The van der Waals surface area contributed by atoms with E-state index in [1.807, 2.05) is 6.08 Å². The maximum atomic E-state index is 3.79. The molecule has 94 valence electrons. The highest BCUT2D eigenvalue weighted by Crippen LogP contribution is 2.30. The van der Waals surface area contributed by atoms with E-state index in [1.165, 1.54) is 44.3 Å². The predicted molar refractivity (Wildman–Crippen MR) is 76.2 cm³/mol. The molecule has 1 aliphatic rings. The predicted octanol–water partition coefficient (Wildman–Crippen LogP) is 4.00. The van der Waals surface area contributed by atoms with E-state index in [9.17, 15) is 0 Å². The molecule has 1 fully saturated rings. The van der Waals surface area contributed by atoms with Crippen LogP contribution in [0.15, 0.2) is 12.7 Å². The Labute approximate surface area is 105 Å². The summed E-state index contributed by atoms with van der Waals surface area (Å²) in [5.74, 6) is 1.30. The van der Waals surface area contributed by atoms with Crippen LogP contribution in [-0.2, 0) is 0 Å². The van der Waals surface area contributed by atoms with E-state index in [0.717, 1.165) is 24.3 Å². The lowest BCUT2D eigenvalue weighted by atomic mass is 10.1. The SMILES string of the molecule is C=CCCCC(CSC1CCCC1)NCC. The van der Waals surface area contributed by atoms with Gasteiger partial charge in [-0.25, -0.2) is 0 Å². The Morgan fingerprint density at radius 1 is 1.44 bits per heavy atom. The van der Waals surface area contributed by atoms with E-state index in [-0.39, 0.29) is 0 Å². The van der Waals surface area contributed by atoms with Crippen molar-refractivity contribution in [2.24, 2.45) is 0 Å². The third-order valence-electron chi connectivity index (χ3n) is 3.29. The summed E-state index contributed by atoms with van der Waals surface area (Å²) in [6, 6.07) is 0.718. The third-order valence-corrected chi connectivity index (χ3v) is 4.83. The summed E-state index contributed by atoms with van der Waals surface area (Å²) < 4.78 is 0. The van der Waals surface area contributed by atoms with Crippen LogP contribution in [-0.4, -0.2) is 23.6 Å². The first kappa shape index (κ1) is 14.1. The Balaban J connectivity index is 2.12. The maximum absolute atomic E-state index is 3.79. The van der Waals surface area contributed by atoms with Crippen molar-refractivity contribution in [1.29, 1.82) is 0 Å². The van der Waals surface area contributed by atoms with Crippen LogP contribution in [0.2, 0.25) is 0 Å². The van der Waals surface area contributed by atoms with Crippen LogP contribution in [0, 0.1) is 0 Å². The van der Waals surface area contributed by atoms with Gasteiger partial charge in [0.05, 0.1) is 0 Å². The van der Waals surface area contributed by atoms with Gasteiger partial charge in [-0.15, -0.1) is 6.58 Å². The lowest BCUT2D eigenvalue weighted by Gasteiger charge is -2.19. The summed E-state index contributed by atoms with van der Waals surface area (Å²) in [6.07, 6.45) is 11.6. The van der Waals surface area contributed by atoms with Gasteiger partial charge in [0.2, 0.25) is 0 Å². The van der Waals surface area contributed by atoms with E-state index < -0.39 is 0 Å². The van der Waals surface area contributed by atoms with E-state index >= 15 is 0 Å². The summed E-state index contributed by atoms with van der Waals surface area (Å²) >= 11 is 2.20. The number of unbranched alkanes of at least 4 members (excludes halogenated alkanes) is 1. The standard InChI is InChI=1S/C14H27NS/c1-3-5-6-9-13(15-4-2)12-16-14-10-7-8-11-14/h3,13-15H,1,4-12H2,2H3. The molecule has 0 bridgehead atoms. The summed E-state index contributed by atoms with van der Waals surface area (Å²) in [7, 11) is 0. The zero-order chi connectivity index (χ0) is 11.6. The fraction of sp³-hybridized carbons (Fsp3) is 0.857. The van der Waals surface area contributed by atoms with E-state index in [4.69, 9.17) is 0 Å². The zero-order valence-corrected chi connectivity index (χ0v) is 11.5. The molecule has 0 aromatic heterocycles. The van der Waals surface area contributed by atoms with Gasteiger partial charge in [-0.3, -0.25) is 0 Å². The minimum absolute atomic E-state index is 0.718. The first-order chi connectivity index (χ1) is 7.86. The maximum Gasteiger partial charge on any atom is 0.0158 e. The molecule has 0 heterocycles. The number of allylic oxidation sites excluding steroid dienone is 1. The van der Waals surface area contributed by atoms with Crippen LogP contribution in [0.3, 0.4) is 0 Å². The van der Waals surface area contributed by atoms with Crippen molar-refractivity contribution in [3.05, 3.63) is 12.7 Å². The lowest BCUT2D eigenvalue weighted by Crippen LogP contribution is -2.31. The van der Waals surface area contributed by atoms with Crippen molar-refractivity contribution in [3.8, 4) is 0 Å². The van der Waals surface area contributed by atoms with Crippen LogP contribution in [0.1, 0.15) is 51.9 Å². The zero-order valence-electron chi connectivity index (χ0n) is 10.7. The van der Waals surface area contributed by atoms with Gasteiger partial charge < -0.3 is 5.32 Å². The fourth-order valence-electron chi connectivity index (χ4n) is 2.35. The Kier molecular flexibility index (Phi) is 8.04. The molecule has 1 rings (SSSR count). The second-order valence-electron chi connectivity index (χ2n) is 4.71. The monoisotopic (exact) mass is 241 g/mol. The minimum Gasteiger partial charge on any atom is -0.313 e. The number of rotatable bonds is 9. The smallest absolute Gasteiger partial charge is 0.0158 e. The molecule has 0 aliphatic heterocycles. The van der Waals surface area contributed by atoms with Gasteiger partial charge in [0.1, 0.15) is 0 Å². The molecule has 1 aliphatic carbocycles. The van der Waals surface area contributed by atoms with Crippen molar-refractivity contribution in [2.45, 2.75) is 63.2 Å². The molecule has 0 radical (unpaired) electrons. The van der Waals surface area contributed by atoms with E-state index in [2.05, 4.69) is 30.6 Å². The molecule has 0 spiro atoms. The molecular weight excluding hydrogens is 214 g/mol. The van der Waals surface area contributed by atoms with Crippen LogP contribution in [0.25, 0.3) is 0 Å². The second-order valence-corrected chi connectivity index (χ2v) is 6.05. The molecule has 0 saturated heterocycles. The molecule has 1 atom stereocenters.